The quantitative estimate of drug-likeness (QED) is 0.632. The molecule has 0 fully saturated rings. The summed E-state index contributed by atoms with van der Waals surface area (Å²) in [6, 6.07) is 0. The minimum Gasteiger partial charge on any atom is -0.443 e. The van der Waals surface area contributed by atoms with Gasteiger partial charge in [-0.3, -0.25) is 4.79 Å². The first kappa shape index (κ1) is 20.3. The topological polar surface area (TPSA) is 84.0 Å². The van der Waals surface area contributed by atoms with Gasteiger partial charge < -0.3 is 4.74 Å². The molecule has 1 amide bonds. The third-order valence-corrected chi connectivity index (χ3v) is 4.01. The maximum Gasteiger partial charge on any atom is 0.425 e. The fourth-order valence-corrected chi connectivity index (χ4v) is 2.90. The fraction of sp³-hybridized carbons (Fsp3) is 0.571. The largest absolute Gasteiger partial charge is 0.443 e. The molecule has 0 bridgehead atoms. The number of rotatable bonds is 8. The van der Waals surface area contributed by atoms with Crippen LogP contribution in [0.1, 0.15) is 27.7 Å². The average Bonchev–Trinajstić information content (AvgIpc) is 2.32. The van der Waals surface area contributed by atoms with E-state index in [0.29, 0.717) is 4.31 Å². The highest BCUT2D eigenvalue weighted by Gasteiger charge is 2.35. The first-order valence-corrected chi connectivity index (χ1v) is 8.07. The molecular formula is C14H24N2O5S. The number of hydrogen-bond acceptors (Lipinski definition) is 5. The molecule has 126 valence electrons. The summed E-state index contributed by atoms with van der Waals surface area (Å²) in [5.74, 6) is -0.354. The predicted octanol–water partition coefficient (Wildman–Crippen LogP) is 1.73. The van der Waals surface area contributed by atoms with Crippen LogP contribution >= 0.6 is 0 Å². The molecule has 0 saturated carbocycles. The van der Waals surface area contributed by atoms with Gasteiger partial charge in [0.25, 0.3) is 0 Å². The molecule has 0 saturated heterocycles. The van der Waals surface area contributed by atoms with Crippen molar-refractivity contribution in [2.24, 2.45) is 0 Å². The van der Waals surface area contributed by atoms with E-state index in [2.05, 4.69) is 13.2 Å². The zero-order chi connectivity index (χ0) is 17.6. The standard InChI is InChI=1S/C14H24N2O5S/c1-7-9-15(11-12(3)17)22(19,20)16(10-8-2)13(18)21-14(4,5)6/h7-8H,1-2,9-11H2,3-6H3. The number of hydrogen-bond donors (Lipinski definition) is 0. The highest BCUT2D eigenvalue weighted by atomic mass is 32.2. The van der Waals surface area contributed by atoms with Crippen molar-refractivity contribution in [2.45, 2.75) is 33.3 Å². The van der Waals surface area contributed by atoms with E-state index in [0.717, 1.165) is 4.31 Å². The van der Waals surface area contributed by atoms with E-state index in [1.54, 1.807) is 20.8 Å². The van der Waals surface area contributed by atoms with E-state index in [-0.39, 0.29) is 25.4 Å². The number of carbonyl (C=O) groups excluding carboxylic acids is 2. The smallest absolute Gasteiger partial charge is 0.425 e. The third-order valence-electron chi connectivity index (χ3n) is 2.23. The first-order chi connectivity index (χ1) is 9.95. The van der Waals surface area contributed by atoms with Crippen LogP contribution in [-0.2, 0) is 19.7 Å². The van der Waals surface area contributed by atoms with Crippen LogP contribution in [-0.4, -0.2) is 54.1 Å². The van der Waals surface area contributed by atoms with Gasteiger partial charge >= 0.3 is 16.3 Å². The molecule has 0 aliphatic rings. The molecule has 0 heterocycles. The summed E-state index contributed by atoms with van der Waals surface area (Å²) >= 11 is 0. The van der Waals surface area contributed by atoms with E-state index < -0.39 is 21.9 Å². The molecule has 0 aromatic rings. The highest BCUT2D eigenvalue weighted by Crippen LogP contribution is 2.15. The van der Waals surface area contributed by atoms with Crippen molar-refractivity contribution in [1.29, 1.82) is 0 Å². The molecule has 0 aliphatic heterocycles. The number of ether oxygens (including phenoxy) is 1. The lowest BCUT2D eigenvalue weighted by molar-refractivity contribution is -0.117. The van der Waals surface area contributed by atoms with Crippen LogP contribution in [0.3, 0.4) is 0 Å². The SMILES string of the molecule is C=CCN(CC(C)=O)S(=O)(=O)N(CC=C)C(=O)OC(C)(C)C. The number of carbonyl (C=O) groups is 2. The summed E-state index contributed by atoms with van der Waals surface area (Å²) in [6.45, 7) is 12.3. The molecule has 0 rings (SSSR count). The van der Waals surface area contributed by atoms with E-state index in [9.17, 15) is 18.0 Å². The first-order valence-electron chi connectivity index (χ1n) is 6.67. The van der Waals surface area contributed by atoms with Crippen LogP contribution < -0.4 is 0 Å². The predicted molar refractivity (Wildman–Crippen MR) is 84.5 cm³/mol. The van der Waals surface area contributed by atoms with Crippen molar-refractivity contribution in [2.75, 3.05) is 19.6 Å². The Balaban J connectivity index is 5.58. The molecule has 0 aromatic heterocycles. The summed E-state index contributed by atoms with van der Waals surface area (Å²) in [4.78, 5) is 23.4. The molecule has 0 aliphatic carbocycles. The van der Waals surface area contributed by atoms with Gasteiger partial charge in [0.05, 0.1) is 13.1 Å². The Bertz CT molecular complexity index is 534. The zero-order valence-electron chi connectivity index (χ0n) is 13.5. The minimum atomic E-state index is -4.23. The van der Waals surface area contributed by atoms with Gasteiger partial charge in [0.2, 0.25) is 0 Å². The molecule has 0 unspecified atom stereocenters. The van der Waals surface area contributed by atoms with Crippen LogP contribution in [0.25, 0.3) is 0 Å². The van der Waals surface area contributed by atoms with Crippen LogP contribution in [0.2, 0.25) is 0 Å². The van der Waals surface area contributed by atoms with Gasteiger partial charge in [-0.2, -0.15) is 17.0 Å². The molecule has 7 nitrogen and oxygen atoms in total. The van der Waals surface area contributed by atoms with Gasteiger partial charge in [-0.1, -0.05) is 12.2 Å². The Labute approximate surface area is 132 Å². The van der Waals surface area contributed by atoms with Crippen molar-refractivity contribution in [3.63, 3.8) is 0 Å². The normalized spacial score (nSPS) is 11.9. The van der Waals surface area contributed by atoms with E-state index >= 15 is 0 Å². The zero-order valence-corrected chi connectivity index (χ0v) is 14.4. The van der Waals surface area contributed by atoms with Crippen molar-refractivity contribution >= 4 is 22.1 Å². The number of nitrogens with zero attached hydrogens (tertiary/aromatic N) is 2. The summed E-state index contributed by atoms with van der Waals surface area (Å²) in [6.07, 6.45) is 1.58. The molecular weight excluding hydrogens is 308 g/mol. The Morgan fingerprint density at radius 3 is 2.00 bits per heavy atom. The second-order valence-corrected chi connectivity index (χ2v) is 7.44. The number of ketones is 1. The van der Waals surface area contributed by atoms with Crippen LogP contribution in [0.5, 0.6) is 0 Å². The van der Waals surface area contributed by atoms with Gasteiger partial charge in [0.1, 0.15) is 11.4 Å². The second kappa shape index (κ2) is 8.09. The van der Waals surface area contributed by atoms with Gasteiger partial charge in [-0.15, -0.1) is 13.2 Å². The number of Topliss-reactive ketones (excluding diaryl/α,β-unsaturated/α-hetero) is 1. The molecule has 0 radical (unpaired) electrons. The van der Waals surface area contributed by atoms with Gasteiger partial charge in [-0.25, -0.2) is 4.79 Å². The van der Waals surface area contributed by atoms with Crippen molar-refractivity contribution in [3.8, 4) is 0 Å². The highest BCUT2D eigenvalue weighted by molar-refractivity contribution is 7.87. The Morgan fingerprint density at radius 1 is 1.14 bits per heavy atom. The minimum absolute atomic E-state index is 0.0989. The molecule has 0 N–H and O–H groups in total. The van der Waals surface area contributed by atoms with Gasteiger partial charge in [0.15, 0.2) is 0 Å². The lowest BCUT2D eigenvalue weighted by atomic mass is 10.2. The average molecular weight is 332 g/mol. The van der Waals surface area contributed by atoms with Crippen LogP contribution in [0.15, 0.2) is 25.3 Å². The molecule has 0 spiro atoms. The maximum atomic E-state index is 12.6. The van der Waals surface area contributed by atoms with E-state index in [1.807, 2.05) is 0 Å². The lowest BCUT2D eigenvalue weighted by Gasteiger charge is -2.30. The van der Waals surface area contributed by atoms with Crippen LogP contribution in [0, 0.1) is 0 Å². The summed E-state index contributed by atoms with van der Waals surface area (Å²) in [7, 11) is -4.23. The Hall–Kier alpha value is -1.67. The number of amides is 1. The van der Waals surface area contributed by atoms with Crippen molar-refractivity contribution in [3.05, 3.63) is 25.3 Å². The van der Waals surface area contributed by atoms with E-state index in [1.165, 1.54) is 19.1 Å². The summed E-state index contributed by atoms with van der Waals surface area (Å²) in [5, 5.41) is 0. The third kappa shape index (κ3) is 6.40. The monoisotopic (exact) mass is 332 g/mol. The Kier molecular flexibility index (Phi) is 7.48. The maximum absolute atomic E-state index is 12.6. The second-order valence-electron chi connectivity index (χ2n) is 5.59. The van der Waals surface area contributed by atoms with Gasteiger partial charge in [0, 0.05) is 6.54 Å². The molecule has 22 heavy (non-hydrogen) atoms. The summed E-state index contributed by atoms with van der Waals surface area (Å²) < 4.78 is 31.6. The lowest BCUT2D eigenvalue weighted by Crippen LogP contribution is -2.49. The van der Waals surface area contributed by atoms with Gasteiger partial charge in [-0.05, 0) is 27.7 Å². The molecule has 0 atom stereocenters. The molecule has 8 heteroatoms. The van der Waals surface area contributed by atoms with Crippen LogP contribution in [0.4, 0.5) is 4.79 Å². The van der Waals surface area contributed by atoms with Crippen molar-refractivity contribution in [1.82, 2.24) is 8.61 Å². The fourth-order valence-electron chi connectivity index (χ4n) is 1.47. The Morgan fingerprint density at radius 2 is 1.64 bits per heavy atom. The van der Waals surface area contributed by atoms with E-state index in [4.69, 9.17) is 4.74 Å². The molecule has 0 aromatic carbocycles. The summed E-state index contributed by atoms with van der Waals surface area (Å²) in [5.41, 5.74) is -0.851. The van der Waals surface area contributed by atoms with Crippen molar-refractivity contribution < 1.29 is 22.7 Å².